The molecule has 0 aliphatic carbocycles. The summed E-state index contributed by atoms with van der Waals surface area (Å²) in [4.78, 5) is 26.3. The lowest BCUT2D eigenvalue weighted by Gasteiger charge is -2.25. The van der Waals surface area contributed by atoms with E-state index < -0.39 is 17.8 Å². The Bertz CT molecular complexity index is 766. The topological polar surface area (TPSA) is 127 Å². The molecule has 2 heterocycles. The Morgan fingerprint density at radius 1 is 1.54 bits per heavy atom. The highest BCUT2D eigenvalue weighted by Crippen LogP contribution is 2.27. The molecule has 0 spiro atoms. The summed E-state index contributed by atoms with van der Waals surface area (Å²) >= 11 is 1.16. The van der Waals surface area contributed by atoms with E-state index in [9.17, 15) is 14.0 Å². The molecule has 0 saturated carbocycles. The van der Waals surface area contributed by atoms with E-state index in [4.69, 9.17) is 11.6 Å². The van der Waals surface area contributed by atoms with Crippen LogP contribution in [-0.4, -0.2) is 27.6 Å². The number of nitrogens with zero attached hydrogens (tertiary/aromatic N) is 3. The van der Waals surface area contributed by atoms with Gasteiger partial charge in [0, 0.05) is 6.42 Å². The van der Waals surface area contributed by atoms with Crippen LogP contribution in [-0.2, 0) is 4.79 Å². The van der Waals surface area contributed by atoms with Crippen molar-refractivity contribution in [1.82, 2.24) is 9.36 Å². The van der Waals surface area contributed by atoms with Gasteiger partial charge in [0.1, 0.15) is 17.1 Å². The van der Waals surface area contributed by atoms with Gasteiger partial charge in [-0.15, -0.1) is 0 Å². The van der Waals surface area contributed by atoms with Crippen molar-refractivity contribution in [1.29, 1.82) is 0 Å². The van der Waals surface area contributed by atoms with E-state index in [1.165, 1.54) is 0 Å². The Kier molecular flexibility index (Phi) is 5.42. The summed E-state index contributed by atoms with van der Waals surface area (Å²) in [6, 6.07) is 2.24. The van der Waals surface area contributed by atoms with E-state index in [0.29, 0.717) is 11.3 Å². The number of hydrogen-bond acceptors (Lipinski definition) is 8. The smallest absolute Gasteiger partial charge is 0.252 e. The van der Waals surface area contributed by atoms with E-state index in [-0.39, 0.29) is 23.6 Å². The third-order valence-corrected chi connectivity index (χ3v) is 4.05. The molecule has 1 atom stereocenters. The highest BCUT2D eigenvalue weighted by atomic mass is 32.1. The summed E-state index contributed by atoms with van der Waals surface area (Å²) in [5.74, 6) is 4.06. The second kappa shape index (κ2) is 7.32. The molecule has 0 aromatic carbocycles. The number of amides is 1. The fourth-order valence-corrected chi connectivity index (χ4v) is 2.60. The predicted octanol–water partition coefficient (Wildman–Crippen LogP) is 1.49. The quantitative estimate of drug-likeness (QED) is 0.391. The average molecular weight is 352 g/mol. The number of primary amides is 1. The van der Waals surface area contributed by atoms with Gasteiger partial charge >= 0.3 is 0 Å². The maximum atomic E-state index is 14.3. The summed E-state index contributed by atoms with van der Waals surface area (Å²) in [7, 11) is 0. The zero-order valence-corrected chi connectivity index (χ0v) is 13.9. The van der Waals surface area contributed by atoms with Gasteiger partial charge in [0.25, 0.3) is 5.91 Å². The minimum Gasteiger partial charge on any atom is -0.365 e. The molecule has 10 heteroatoms. The van der Waals surface area contributed by atoms with E-state index in [1.54, 1.807) is 13.0 Å². The van der Waals surface area contributed by atoms with Gasteiger partial charge in [0.2, 0.25) is 0 Å². The van der Waals surface area contributed by atoms with Crippen LogP contribution in [0.2, 0.25) is 0 Å². The third-order valence-electron chi connectivity index (χ3n) is 3.25. The normalized spacial score (nSPS) is 11.8. The van der Waals surface area contributed by atoms with Gasteiger partial charge in [-0.3, -0.25) is 9.80 Å². The summed E-state index contributed by atoms with van der Waals surface area (Å²) in [5.41, 5.74) is 5.96. The molecule has 128 valence electrons. The van der Waals surface area contributed by atoms with Crippen molar-refractivity contribution >= 4 is 40.4 Å². The largest absolute Gasteiger partial charge is 0.365 e. The molecule has 0 radical (unpaired) electrons. The molecule has 24 heavy (non-hydrogen) atoms. The van der Waals surface area contributed by atoms with Crippen LogP contribution < -0.4 is 21.9 Å². The van der Waals surface area contributed by atoms with Gasteiger partial charge in [0.05, 0.1) is 17.3 Å². The maximum Gasteiger partial charge on any atom is 0.252 e. The molecule has 2 aromatic rings. The van der Waals surface area contributed by atoms with Crippen molar-refractivity contribution in [2.75, 3.05) is 10.3 Å². The van der Waals surface area contributed by atoms with Crippen molar-refractivity contribution < 1.29 is 14.0 Å². The maximum absolute atomic E-state index is 14.3. The van der Waals surface area contributed by atoms with Gasteiger partial charge in [-0.1, -0.05) is 0 Å². The second-order valence-electron chi connectivity index (χ2n) is 5.17. The molecule has 2 aromatic heterocycles. The number of aromatic nitrogens is 2. The fraction of sp³-hybridized carbons (Fsp3) is 0.286. The molecule has 5 N–H and O–H groups in total. The first-order chi connectivity index (χ1) is 11.3. The monoisotopic (exact) mass is 352 g/mol. The van der Waals surface area contributed by atoms with Crippen LogP contribution in [0.15, 0.2) is 12.1 Å². The average Bonchev–Trinajstić information content (AvgIpc) is 2.93. The molecule has 1 amide bonds. The Hall–Kier alpha value is -2.59. The highest BCUT2D eigenvalue weighted by molar-refractivity contribution is 7.10. The molecule has 0 unspecified atom stereocenters. The zero-order chi connectivity index (χ0) is 17.9. The standard InChI is InChI=1S/C14H17FN6O2S/c1-7-5-11(24-20-7)18-13-9(12(16)23)6-10(15)14(19-13)21(17)8(2)3-4-22/h4-6,8H,3,17H2,1-2H3,(H2,16,23)(H,18,19)/t8-/m1/s1. The SMILES string of the molecule is Cc1cc(Nc2nc(N(N)[C@H](C)CC=O)c(F)cc2C(N)=O)sn1. The van der Waals surface area contributed by atoms with Crippen LogP contribution in [0, 0.1) is 12.7 Å². The van der Waals surface area contributed by atoms with Crippen LogP contribution in [0.1, 0.15) is 29.4 Å². The summed E-state index contributed by atoms with van der Waals surface area (Å²) in [5, 5.41) is 4.55. The van der Waals surface area contributed by atoms with Crippen LogP contribution in [0.5, 0.6) is 0 Å². The Balaban J connectivity index is 2.44. The molecular weight excluding hydrogens is 335 g/mol. The molecule has 0 fully saturated rings. The lowest BCUT2D eigenvalue weighted by molar-refractivity contribution is -0.108. The minimum absolute atomic E-state index is 0.0660. The Morgan fingerprint density at radius 3 is 2.79 bits per heavy atom. The highest BCUT2D eigenvalue weighted by Gasteiger charge is 2.21. The van der Waals surface area contributed by atoms with Gasteiger partial charge < -0.3 is 15.8 Å². The summed E-state index contributed by atoms with van der Waals surface area (Å²) in [6.07, 6.45) is 0.783. The number of hydrazine groups is 1. The third kappa shape index (κ3) is 3.84. The van der Waals surface area contributed by atoms with E-state index in [0.717, 1.165) is 28.3 Å². The summed E-state index contributed by atoms with van der Waals surface area (Å²) < 4.78 is 18.4. The number of carbonyl (C=O) groups is 2. The van der Waals surface area contributed by atoms with E-state index in [1.807, 2.05) is 6.92 Å². The van der Waals surface area contributed by atoms with Crippen molar-refractivity contribution in [2.24, 2.45) is 11.6 Å². The number of rotatable bonds is 7. The number of pyridine rings is 1. The number of nitrogens with one attached hydrogen (secondary N) is 1. The second-order valence-corrected chi connectivity index (χ2v) is 5.98. The minimum atomic E-state index is -0.832. The number of aryl methyl sites for hydroxylation is 1. The lowest BCUT2D eigenvalue weighted by Crippen LogP contribution is -2.41. The van der Waals surface area contributed by atoms with Crippen molar-refractivity contribution in [2.45, 2.75) is 26.3 Å². The van der Waals surface area contributed by atoms with Gasteiger partial charge in [-0.25, -0.2) is 15.2 Å². The van der Waals surface area contributed by atoms with Gasteiger partial charge in [-0.2, -0.15) is 4.37 Å². The number of halogens is 1. The van der Waals surface area contributed by atoms with Crippen molar-refractivity contribution in [3.05, 3.63) is 29.2 Å². The van der Waals surface area contributed by atoms with Crippen molar-refractivity contribution in [3.8, 4) is 0 Å². The predicted molar refractivity (Wildman–Crippen MR) is 89.7 cm³/mol. The van der Waals surface area contributed by atoms with Gasteiger partial charge in [-0.05, 0) is 37.5 Å². The molecule has 0 aliphatic heterocycles. The molecule has 0 saturated heterocycles. The zero-order valence-electron chi connectivity index (χ0n) is 13.1. The molecule has 0 bridgehead atoms. The Morgan fingerprint density at radius 2 is 2.25 bits per heavy atom. The van der Waals surface area contributed by atoms with Gasteiger partial charge in [0.15, 0.2) is 11.6 Å². The number of aldehydes is 1. The molecule has 2 rings (SSSR count). The van der Waals surface area contributed by atoms with Crippen LogP contribution in [0.4, 0.5) is 21.0 Å². The molecule has 0 aliphatic rings. The van der Waals surface area contributed by atoms with E-state index >= 15 is 0 Å². The Labute approximate surface area is 141 Å². The fourth-order valence-electron chi connectivity index (χ4n) is 1.94. The number of anilines is 3. The van der Waals surface area contributed by atoms with Crippen LogP contribution in [0.25, 0.3) is 0 Å². The van der Waals surface area contributed by atoms with E-state index in [2.05, 4.69) is 14.7 Å². The first kappa shape index (κ1) is 17.8. The van der Waals surface area contributed by atoms with Crippen LogP contribution >= 0.6 is 11.5 Å². The lowest BCUT2D eigenvalue weighted by atomic mass is 10.2. The number of nitrogens with two attached hydrogens (primary N) is 2. The van der Waals surface area contributed by atoms with Crippen molar-refractivity contribution in [3.63, 3.8) is 0 Å². The first-order valence-electron chi connectivity index (χ1n) is 7.01. The molecule has 8 nitrogen and oxygen atoms in total. The number of carbonyl (C=O) groups excluding carboxylic acids is 2. The first-order valence-corrected chi connectivity index (χ1v) is 7.79. The summed E-state index contributed by atoms with van der Waals surface area (Å²) in [6.45, 7) is 3.46. The molecular formula is C14H17FN6O2S. The van der Waals surface area contributed by atoms with Crippen LogP contribution in [0.3, 0.4) is 0 Å². The number of hydrogen-bond donors (Lipinski definition) is 3.